The predicted molar refractivity (Wildman–Crippen MR) is 59.3 cm³/mol. The Kier molecular flexibility index (Phi) is 3.19. The van der Waals surface area contributed by atoms with E-state index in [-0.39, 0.29) is 12.8 Å². The number of carbonyl (C=O) groups excluding carboxylic acids is 1. The molecule has 0 bridgehead atoms. The lowest BCUT2D eigenvalue weighted by Gasteiger charge is -2.13. The minimum atomic E-state index is -4.68. The number of hydrogen-bond acceptors (Lipinski definition) is 2. The lowest BCUT2D eigenvalue weighted by atomic mass is 10.1. The van der Waals surface area contributed by atoms with Crippen molar-refractivity contribution in [3.05, 3.63) is 29.6 Å². The van der Waals surface area contributed by atoms with E-state index in [9.17, 15) is 27.2 Å². The van der Waals surface area contributed by atoms with Gasteiger partial charge in [-0.3, -0.25) is 9.59 Å². The molecule has 0 saturated heterocycles. The van der Waals surface area contributed by atoms with Gasteiger partial charge < -0.3 is 10.4 Å². The molecule has 1 fully saturated rings. The molecule has 1 aliphatic carbocycles. The van der Waals surface area contributed by atoms with E-state index in [1.54, 1.807) is 0 Å². The fourth-order valence-electron chi connectivity index (χ4n) is 1.70. The molecule has 0 aliphatic heterocycles. The Morgan fingerprint density at radius 1 is 1.25 bits per heavy atom. The molecule has 2 rings (SSSR count). The third kappa shape index (κ3) is 2.45. The van der Waals surface area contributed by atoms with Gasteiger partial charge in [0.05, 0.1) is 11.3 Å². The number of hydrogen-bond donors (Lipinski definition) is 2. The molecule has 1 aromatic rings. The van der Waals surface area contributed by atoms with E-state index in [1.807, 2.05) is 5.32 Å². The maximum Gasteiger partial charge on any atom is 0.416 e. The molecular formula is C12H9F4NO3. The molecule has 0 atom stereocenters. The molecule has 4 nitrogen and oxygen atoms in total. The van der Waals surface area contributed by atoms with Gasteiger partial charge in [0.2, 0.25) is 5.91 Å². The number of carboxylic acid groups (broad SMARTS) is 1. The van der Waals surface area contributed by atoms with Crippen molar-refractivity contribution >= 4 is 17.6 Å². The lowest BCUT2D eigenvalue weighted by Crippen LogP contribution is -2.31. The molecule has 1 aromatic carbocycles. The number of halogens is 4. The minimum Gasteiger partial charge on any atom is -0.480 e. The van der Waals surface area contributed by atoms with E-state index >= 15 is 0 Å². The van der Waals surface area contributed by atoms with Gasteiger partial charge in [-0.1, -0.05) is 0 Å². The smallest absolute Gasteiger partial charge is 0.416 e. The molecule has 0 heterocycles. The van der Waals surface area contributed by atoms with Crippen LogP contribution in [0.3, 0.4) is 0 Å². The quantitative estimate of drug-likeness (QED) is 0.664. The molecule has 20 heavy (non-hydrogen) atoms. The Bertz CT molecular complexity index is 579. The summed E-state index contributed by atoms with van der Waals surface area (Å²) in [6, 6.07) is 1.54. The summed E-state index contributed by atoms with van der Waals surface area (Å²) in [4.78, 5) is 22.6. The molecule has 0 spiro atoms. The molecule has 1 amide bonds. The molecule has 0 aromatic heterocycles. The Labute approximate surface area is 110 Å². The summed E-state index contributed by atoms with van der Waals surface area (Å²) >= 11 is 0. The summed E-state index contributed by atoms with van der Waals surface area (Å²) < 4.78 is 50.8. The Morgan fingerprint density at radius 3 is 2.30 bits per heavy atom. The normalized spacial score (nSPS) is 16.6. The van der Waals surface area contributed by atoms with Crippen molar-refractivity contribution in [3.63, 3.8) is 0 Å². The molecule has 0 radical (unpaired) electrons. The van der Waals surface area contributed by atoms with Crippen LogP contribution in [0, 0.1) is 11.2 Å². The number of rotatable bonds is 3. The number of aliphatic carboxylic acids is 1. The first kappa shape index (κ1) is 14.3. The van der Waals surface area contributed by atoms with Gasteiger partial charge in [-0.2, -0.15) is 13.2 Å². The molecule has 1 saturated carbocycles. The number of anilines is 1. The average molecular weight is 291 g/mol. The molecule has 1 aliphatic rings. The monoisotopic (exact) mass is 291 g/mol. The van der Waals surface area contributed by atoms with Gasteiger partial charge in [0.1, 0.15) is 11.2 Å². The average Bonchev–Trinajstić information content (AvgIpc) is 3.11. The standard InChI is InChI=1S/C12H9F4NO3/c13-7-2-1-6(12(14,15)16)5-8(7)17-9(18)11(3-4-11)10(19)20/h1-2,5H,3-4H2,(H,17,18)(H,19,20). The van der Waals surface area contributed by atoms with Crippen LogP contribution in [0.4, 0.5) is 23.2 Å². The zero-order valence-corrected chi connectivity index (χ0v) is 9.92. The number of amides is 1. The topological polar surface area (TPSA) is 66.4 Å². The first-order valence-corrected chi connectivity index (χ1v) is 5.58. The van der Waals surface area contributed by atoms with E-state index < -0.39 is 40.5 Å². The Balaban J connectivity index is 2.26. The first-order chi connectivity index (χ1) is 9.17. The van der Waals surface area contributed by atoms with Gasteiger partial charge >= 0.3 is 12.1 Å². The first-order valence-electron chi connectivity index (χ1n) is 5.58. The van der Waals surface area contributed by atoms with Crippen LogP contribution < -0.4 is 5.32 Å². The van der Waals surface area contributed by atoms with Gasteiger partial charge in [0.25, 0.3) is 0 Å². The van der Waals surface area contributed by atoms with Crippen LogP contribution in [0.1, 0.15) is 18.4 Å². The molecule has 108 valence electrons. The molecular weight excluding hydrogens is 282 g/mol. The summed E-state index contributed by atoms with van der Waals surface area (Å²) in [5.41, 5.74) is -3.47. The molecule has 0 unspecified atom stereocenters. The highest BCUT2D eigenvalue weighted by Crippen LogP contribution is 2.47. The van der Waals surface area contributed by atoms with Crippen LogP contribution in [0.15, 0.2) is 18.2 Å². The van der Waals surface area contributed by atoms with Crippen LogP contribution in [-0.4, -0.2) is 17.0 Å². The molecule has 8 heteroatoms. The van der Waals surface area contributed by atoms with Crippen molar-refractivity contribution in [2.45, 2.75) is 19.0 Å². The molecule has 2 N–H and O–H groups in total. The van der Waals surface area contributed by atoms with Crippen LogP contribution >= 0.6 is 0 Å². The van der Waals surface area contributed by atoms with Gasteiger partial charge in [0.15, 0.2) is 0 Å². The lowest BCUT2D eigenvalue weighted by molar-refractivity contribution is -0.147. The zero-order valence-electron chi connectivity index (χ0n) is 9.92. The number of nitrogens with one attached hydrogen (secondary N) is 1. The number of carbonyl (C=O) groups is 2. The van der Waals surface area contributed by atoms with Crippen molar-refractivity contribution in [3.8, 4) is 0 Å². The second kappa shape index (κ2) is 4.46. The van der Waals surface area contributed by atoms with E-state index in [4.69, 9.17) is 5.11 Å². The SMILES string of the molecule is O=C(O)C1(C(=O)Nc2cc(C(F)(F)F)ccc2F)CC1. The largest absolute Gasteiger partial charge is 0.480 e. The number of benzene rings is 1. The Morgan fingerprint density at radius 2 is 1.85 bits per heavy atom. The fraction of sp³-hybridized carbons (Fsp3) is 0.333. The fourth-order valence-corrected chi connectivity index (χ4v) is 1.70. The third-order valence-electron chi connectivity index (χ3n) is 3.14. The van der Waals surface area contributed by atoms with Crippen molar-refractivity contribution in [1.29, 1.82) is 0 Å². The van der Waals surface area contributed by atoms with Crippen molar-refractivity contribution in [2.24, 2.45) is 5.41 Å². The third-order valence-corrected chi connectivity index (χ3v) is 3.14. The van der Waals surface area contributed by atoms with Crippen LogP contribution in [0.5, 0.6) is 0 Å². The highest BCUT2D eigenvalue weighted by molar-refractivity contribution is 6.10. The Hall–Kier alpha value is -2.12. The summed E-state index contributed by atoms with van der Waals surface area (Å²) in [7, 11) is 0. The summed E-state index contributed by atoms with van der Waals surface area (Å²) in [5, 5.41) is 10.8. The van der Waals surface area contributed by atoms with Gasteiger partial charge in [-0.05, 0) is 31.0 Å². The van der Waals surface area contributed by atoms with Gasteiger partial charge in [-0.25, -0.2) is 4.39 Å². The minimum absolute atomic E-state index is 0.0781. The van der Waals surface area contributed by atoms with Crippen LogP contribution in [0.2, 0.25) is 0 Å². The van der Waals surface area contributed by atoms with Crippen molar-refractivity contribution < 1.29 is 32.3 Å². The van der Waals surface area contributed by atoms with E-state index in [0.29, 0.717) is 18.2 Å². The van der Waals surface area contributed by atoms with E-state index in [0.717, 1.165) is 0 Å². The van der Waals surface area contributed by atoms with Crippen molar-refractivity contribution in [1.82, 2.24) is 0 Å². The summed E-state index contributed by atoms with van der Waals surface area (Å²) in [6.07, 6.45) is -4.53. The second-order valence-corrected chi connectivity index (χ2v) is 4.53. The number of alkyl halides is 3. The highest BCUT2D eigenvalue weighted by Gasteiger charge is 2.57. The van der Waals surface area contributed by atoms with E-state index in [2.05, 4.69) is 0 Å². The maximum atomic E-state index is 13.4. The van der Waals surface area contributed by atoms with Gasteiger partial charge in [-0.15, -0.1) is 0 Å². The van der Waals surface area contributed by atoms with E-state index in [1.165, 1.54) is 0 Å². The van der Waals surface area contributed by atoms with Crippen LogP contribution in [-0.2, 0) is 15.8 Å². The summed E-state index contributed by atoms with van der Waals surface area (Å²) in [5.74, 6) is -3.45. The van der Waals surface area contributed by atoms with Gasteiger partial charge in [0, 0.05) is 0 Å². The highest BCUT2D eigenvalue weighted by atomic mass is 19.4. The summed E-state index contributed by atoms with van der Waals surface area (Å²) in [6.45, 7) is 0. The van der Waals surface area contributed by atoms with Crippen LogP contribution in [0.25, 0.3) is 0 Å². The maximum absolute atomic E-state index is 13.4. The predicted octanol–water partition coefficient (Wildman–Crippen LogP) is 2.65. The number of carboxylic acids is 1. The van der Waals surface area contributed by atoms with Crippen molar-refractivity contribution in [2.75, 3.05) is 5.32 Å². The zero-order chi connectivity index (χ0) is 15.1. The second-order valence-electron chi connectivity index (χ2n) is 4.53.